The fourth-order valence-corrected chi connectivity index (χ4v) is 2.84. The first-order valence-electron chi connectivity index (χ1n) is 7.82. The highest BCUT2D eigenvalue weighted by Gasteiger charge is 2.36. The highest BCUT2D eigenvalue weighted by molar-refractivity contribution is 5.81. The average Bonchev–Trinajstić information content (AvgIpc) is 2.95. The van der Waals surface area contributed by atoms with Gasteiger partial charge in [0.1, 0.15) is 5.75 Å². The molecule has 0 spiro atoms. The van der Waals surface area contributed by atoms with Crippen LogP contribution in [-0.4, -0.2) is 43.6 Å². The van der Waals surface area contributed by atoms with Crippen LogP contribution in [0.25, 0.3) is 0 Å². The summed E-state index contributed by atoms with van der Waals surface area (Å²) in [6.07, 6.45) is 1.05. The van der Waals surface area contributed by atoms with Crippen LogP contribution in [-0.2, 0) is 11.3 Å². The molecular formula is C17H27N3O2. The number of benzene rings is 1. The van der Waals surface area contributed by atoms with Crippen molar-refractivity contribution < 1.29 is 9.53 Å². The first-order valence-corrected chi connectivity index (χ1v) is 7.82. The molecule has 1 amide bonds. The minimum absolute atomic E-state index is 0.0593. The number of hydrogen-bond donors (Lipinski definition) is 2. The zero-order chi connectivity index (χ0) is 16.2. The molecule has 122 valence electrons. The summed E-state index contributed by atoms with van der Waals surface area (Å²) in [4.78, 5) is 14.6. The standard InChI is InChI=1S/C17H27N3O2/c1-13(20-8-7-17(2,11-18)12-20)16(21)19-10-14-5-4-6-15(9-14)22-3/h4-6,9,13H,7-8,10-12,18H2,1-3H3,(H,19,21). The fraction of sp³-hybridized carbons (Fsp3) is 0.588. The number of rotatable bonds is 6. The Labute approximate surface area is 132 Å². The molecule has 1 aromatic rings. The maximum atomic E-state index is 12.3. The lowest BCUT2D eigenvalue weighted by Crippen LogP contribution is -2.45. The second-order valence-corrected chi connectivity index (χ2v) is 6.48. The van der Waals surface area contributed by atoms with Gasteiger partial charge in [-0.1, -0.05) is 19.1 Å². The summed E-state index contributed by atoms with van der Waals surface area (Å²) in [6, 6.07) is 7.61. The minimum atomic E-state index is -0.126. The number of methoxy groups -OCH3 is 1. The highest BCUT2D eigenvalue weighted by Crippen LogP contribution is 2.29. The second kappa shape index (κ2) is 7.11. The largest absolute Gasteiger partial charge is 0.497 e. The molecule has 5 nitrogen and oxygen atoms in total. The predicted octanol–water partition coefficient (Wildman–Crippen LogP) is 1.37. The Morgan fingerprint density at radius 2 is 2.32 bits per heavy atom. The Morgan fingerprint density at radius 3 is 2.95 bits per heavy atom. The molecule has 0 aliphatic carbocycles. The van der Waals surface area contributed by atoms with Gasteiger partial charge >= 0.3 is 0 Å². The van der Waals surface area contributed by atoms with Crippen LogP contribution >= 0.6 is 0 Å². The molecule has 1 aliphatic heterocycles. The van der Waals surface area contributed by atoms with E-state index in [4.69, 9.17) is 10.5 Å². The molecule has 0 bridgehead atoms. The third-order valence-electron chi connectivity index (χ3n) is 4.61. The summed E-state index contributed by atoms with van der Waals surface area (Å²) in [6.45, 7) is 7.15. The number of amides is 1. The van der Waals surface area contributed by atoms with E-state index in [-0.39, 0.29) is 17.4 Å². The average molecular weight is 305 g/mol. The molecular weight excluding hydrogens is 278 g/mol. The van der Waals surface area contributed by atoms with Gasteiger partial charge in [-0.05, 0) is 49.5 Å². The van der Waals surface area contributed by atoms with Crippen LogP contribution in [0.2, 0.25) is 0 Å². The lowest BCUT2D eigenvalue weighted by Gasteiger charge is -2.26. The molecule has 1 aliphatic rings. The van der Waals surface area contributed by atoms with Crippen molar-refractivity contribution in [1.29, 1.82) is 0 Å². The topological polar surface area (TPSA) is 67.6 Å². The van der Waals surface area contributed by atoms with E-state index in [1.165, 1.54) is 0 Å². The number of carbonyl (C=O) groups is 1. The molecule has 22 heavy (non-hydrogen) atoms. The quantitative estimate of drug-likeness (QED) is 0.833. The smallest absolute Gasteiger partial charge is 0.237 e. The number of hydrogen-bond acceptors (Lipinski definition) is 4. The van der Waals surface area contributed by atoms with E-state index in [0.717, 1.165) is 30.8 Å². The van der Waals surface area contributed by atoms with Crippen molar-refractivity contribution >= 4 is 5.91 Å². The molecule has 1 aromatic carbocycles. The lowest BCUT2D eigenvalue weighted by atomic mass is 9.90. The van der Waals surface area contributed by atoms with Crippen LogP contribution in [0, 0.1) is 5.41 Å². The molecule has 5 heteroatoms. The number of nitrogens with zero attached hydrogens (tertiary/aromatic N) is 1. The molecule has 3 N–H and O–H groups in total. The van der Waals surface area contributed by atoms with E-state index in [9.17, 15) is 4.79 Å². The van der Waals surface area contributed by atoms with Crippen LogP contribution in [0.15, 0.2) is 24.3 Å². The van der Waals surface area contributed by atoms with E-state index < -0.39 is 0 Å². The Bertz CT molecular complexity index is 520. The second-order valence-electron chi connectivity index (χ2n) is 6.48. The number of carbonyl (C=O) groups excluding carboxylic acids is 1. The Hall–Kier alpha value is -1.59. The molecule has 1 fully saturated rings. The summed E-state index contributed by atoms with van der Waals surface area (Å²) in [5.41, 5.74) is 7.00. The van der Waals surface area contributed by atoms with Crippen LogP contribution in [0.1, 0.15) is 25.8 Å². The van der Waals surface area contributed by atoms with Crippen molar-refractivity contribution in [2.75, 3.05) is 26.7 Å². The molecule has 2 unspecified atom stereocenters. The molecule has 0 aromatic heterocycles. The maximum absolute atomic E-state index is 12.3. The minimum Gasteiger partial charge on any atom is -0.497 e. The van der Waals surface area contributed by atoms with Gasteiger partial charge in [-0.2, -0.15) is 0 Å². The van der Waals surface area contributed by atoms with Gasteiger partial charge in [0.25, 0.3) is 0 Å². The predicted molar refractivity (Wildman–Crippen MR) is 87.7 cm³/mol. The summed E-state index contributed by atoms with van der Waals surface area (Å²) < 4.78 is 5.19. The van der Waals surface area contributed by atoms with Gasteiger partial charge in [0, 0.05) is 13.1 Å². The van der Waals surface area contributed by atoms with E-state index >= 15 is 0 Å². The third-order valence-corrected chi connectivity index (χ3v) is 4.61. The first kappa shape index (κ1) is 16.8. The van der Waals surface area contributed by atoms with Gasteiger partial charge in [-0.3, -0.25) is 9.69 Å². The van der Waals surface area contributed by atoms with Crippen molar-refractivity contribution in [3.05, 3.63) is 29.8 Å². The van der Waals surface area contributed by atoms with E-state index in [1.807, 2.05) is 31.2 Å². The van der Waals surface area contributed by atoms with Crippen LogP contribution in [0.5, 0.6) is 5.75 Å². The van der Waals surface area contributed by atoms with Gasteiger partial charge in [-0.15, -0.1) is 0 Å². The molecule has 1 saturated heterocycles. The van der Waals surface area contributed by atoms with Gasteiger partial charge in [0.05, 0.1) is 13.2 Å². The van der Waals surface area contributed by atoms with E-state index in [0.29, 0.717) is 13.1 Å². The van der Waals surface area contributed by atoms with Gasteiger partial charge in [0.15, 0.2) is 0 Å². The van der Waals surface area contributed by atoms with Gasteiger partial charge in [0.2, 0.25) is 5.91 Å². The van der Waals surface area contributed by atoms with Crippen molar-refractivity contribution in [3.63, 3.8) is 0 Å². The van der Waals surface area contributed by atoms with Gasteiger partial charge < -0.3 is 15.8 Å². The van der Waals surface area contributed by atoms with Crippen molar-refractivity contribution in [1.82, 2.24) is 10.2 Å². The van der Waals surface area contributed by atoms with Crippen LogP contribution in [0.4, 0.5) is 0 Å². The Morgan fingerprint density at radius 1 is 1.55 bits per heavy atom. The summed E-state index contributed by atoms with van der Waals surface area (Å²) in [7, 11) is 1.64. The van der Waals surface area contributed by atoms with Crippen molar-refractivity contribution in [2.45, 2.75) is 32.9 Å². The molecule has 0 radical (unpaired) electrons. The molecule has 2 atom stereocenters. The normalized spacial score (nSPS) is 23.3. The van der Waals surface area contributed by atoms with Crippen molar-refractivity contribution in [3.8, 4) is 5.75 Å². The summed E-state index contributed by atoms with van der Waals surface area (Å²) >= 11 is 0. The zero-order valence-corrected chi connectivity index (χ0v) is 13.8. The van der Waals surface area contributed by atoms with Gasteiger partial charge in [-0.25, -0.2) is 0 Å². The van der Waals surface area contributed by atoms with Crippen LogP contribution in [0.3, 0.4) is 0 Å². The van der Waals surface area contributed by atoms with Crippen LogP contribution < -0.4 is 15.8 Å². The molecule has 2 rings (SSSR count). The van der Waals surface area contributed by atoms with E-state index in [2.05, 4.69) is 17.1 Å². The zero-order valence-electron chi connectivity index (χ0n) is 13.8. The van der Waals surface area contributed by atoms with Crippen molar-refractivity contribution in [2.24, 2.45) is 11.1 Å². The fourth-order valence-electron chi connectivity index (χ4n) is 2.84. The number of nitrogens with one attached hydrogen (secondary N) is 1. The monoisotopic (exact) mass is 305 g/mol. The summed E-state index contributed by atoms with van der Waals surface area (Å²) in [5, 5.41) is 3.00. The maximum Gasteiger partial charge on any atom is 0.237 e. The summed E-state index contributed by atoms with van der Waals surface area (Å²) in [5.74, 6) is 0.863. The Balaban J connectivity index is 1.86. The lowest BCUT2D eigenvalue weighted by molar-refractivity contribution is -0.125. The highest BCUT2D eigenvalue weighted by atomic mass is 16.5. The number of nitrogens with two attached hydrogens (primary N) is 1. The third kappa shape index (κ3) is 3.99. The first-order chi connectivity index (χ1) is 10.5. The molecule has 0 saturated carbocycles. The SMILES string of the molecule is COc1cccc(CNC(=O)C(C)N2CCC(C)(CN)C2)c1. The van der Waals surface area contributed by atoms with E-state index in [1.54, 1.807) is 7.11 Å². The molecule has 1 heterocycles. The number of likely N-dealkylation sites (tertiary alicyclic amines) is 1. The number of ether oxygens (including phenoxy) is 1. The Kier molecular flexibility index (Phi) is 5.42.